The summed E-state index contributed by atoms with van der Waals surface area (Å²) in [4.78, 5) is 25.0. The second kappa shape index (κ2) is 10.1. The van der Waals surface area contributed by atoms with Gasteiger partial charge >= 0.3 is 0 Å². The average Bonchev–Trinajstić information content (AvgIpc) is 2.73. The molecule has 3 aromatic carbocycles. The Hall–Kier alpha value is -2.82. The number of amides is 2. The molecule has 0 aromatic heterocycles. The molecule has 2 N–H and O–H groups in total. The van der Waals surface area contributed by atoms with Crippen LogP contribution in [0.1, 0.15) is 27.9 Å². The molecular formula is C23H20Cl2N2O2. The molecule has 0 fully saturated rings. The molecule has 4 nitrogen and oxygen atoms in total. The van der Waals surface area contributed by atoms with E-state index in [0.717, 1.165) is 11.1 Å². The predicted octanol–water partition coefficient (Wildman–Crippen LogP) is 5.49. The van der Waals surface area contributed by atoms with Gasteiger partial charge in [0.15, 0.2) is 0 Å². The van der Waals surface area contributed by atoms with Crippen molar-refractivity contribution in [3.63, 3.8) is 0 Å². The molecule has 0 spiro atoms. The van der Waals surface area contributed by atoms with Crippen molar-refractivity contribution >= 4 is 40.7 Å². The van der Waals surface area contributed by atoms with Gasteiger partial charge in [0.1, 0.15) is 0 Å². The molecule has 148 valence electrons. The van der Waals surface area contributed by atoms with Gasteiger partial charge in [-0.05, 0) is 41.8 Å². The number of benzene rings is 3. The number of carbonyl (C=O) groups excluding carboxylic acids is 2. The summed E-state index contributed by atoms with van der Waals surface area (Å²) >= 11 is 12.3. The third-order valence-corrected chi connectivity index (χ3v) is 5.11. The molecule has 3 rings (SSSR count). The van der Waals surface area contributed by atoms with Gasteiger partial charge < -0.3 is 10.6 Å². The van der Waals surface area contributed by atoms with E-state index in [0.29, 0.717) is 34.3 Å². The number of hydrogen-bond acceptors (Lipinski definition) is 2. The number of halogens is 2. The van der Waals surface area contributed by atoms with Crippen molar-refractivity contribution in [2.75, 3.05) is 5.32 Å². The van der Waals surface area contributed by atoms with E-state index in [1.54, 1.807) is 42.5 Å². The Morgan fingerprint density at radius 2 is 1.45 bits per heavy atom. The topological polar surface area (TPSA) is 58.2 Å². The standard InChI is InChI=1S/C23H20Cl2N2O2/c24-19-10-6-11-20(25)17(19)13-14-22(28)27-21-12-5-4-9-18(21)23(29)26-15-16-7-2-1-3-8-16/h1-12H,13-15H2,(H,26,29)(H,27,28). The SMILES string of the molecule is O=C(CCc1c(Cl)cccc1Cl)Nc1ccccc1C(=O)NCc1ccccc1. The Labute approximate surface area is 179 Å². The quantitative estimate of drug-likeness (QED) is 0.524. The number of nitrogens with one attached hydrogen (secondary N) is 2. The number of carbonyl (C=O) groups is 2. The molecule has 0 saturated heterocycles. The minimum Gasteiger partial charge on any atom is -0.348 e. The second-order valence-corrected chi connectivity index (χ2v) is 7.28. The highest BCUT2D eigenvalue weighted by molar-refractivity contribution is 6.36. The maximum absolute atomic E-state index is 12.6. The van der Waals surface area contributed by atoms with Crippen LogP contribution >= 0.6 is 23.2 Å². The summed E-state index contributed by atoms with van der Waals surface area (Å²) in [6.07, 6.45) is 0.607. The largest absolute Gasteiger partial charge is 0.348 e. The van der Waals surface area contributed by atoms with Gasteiger partial charge in [-0.2, -0.15) is 0 Å². The Bertz CT molecular complexity index is 987. The second-order valence-electron chi connectivity index (χ2n) is 6.46. The van der Waals surface area contributed by atoms with Crippen LogP contribution in [-0.4, -0.2) is 11.8 Å². The van der Waals surface area contributed by atoms with Crippen LogP contribution in [0.15, 0.2) is 72.8 Å². The maximum Gasteiger partial charge on any atom is 0.253 e. The minimum atomic E-state index is -0.251. The highest BCUT2D eigenvalue weighted by Crippen LogP contribution is 2.25. The molecule has 2 amide bonds. The lowest BCUT2D eigenvalue weighted by Gasteiger charge is -2.12. The van der Waals surface area contributed by atoms with Crippen molar-refractivity contribution in [1.82, 2.24) is 5.32 Å². The molecule has 0 aliphatic rings. The van der Waals surface area contributed by atoms with Gasteiger partial charge in [-0.3, -0.25) is 9.59 Å². The summed E-state index contributed by atoms with van der Waals surface area (Å²) < 4.78 is 0. The third kappa shape index (κ3) is 5.83. The lowest BCUT2D eigenvalue weighted by atomic mass is 10.1. The highest BCUT2D eigenvalue weighted by Gasteiger charge is 2.14. The van der Waals surface area contributed by atoms with Crippen molar-refractivity contribution in [2.24, 2.45) is 0 Å². The molecular weight excluding hydrogens is 407 g/mol. The fourth-order valence-electron chi connectivity index (χ4n) is 2.89. The van der Waals surface area contributed by atoms with Crippen LogP contribution in [0.3, 0.4) is 0 Å². The molecule has 0 bridgehead atoms. The van der Waals surface area contributed by atoms with Crippen molar-refractivity contribution in [3.05, 3.63) is 99.5 Å². The van der Waals surface area contributed by atoms with Crippen molar-refractivity contribution < 1.29 is 9.59 Å². The molecule has 0 radical (unpaired) electrons. The molecule has 3 aromatic rings. The minimum absolute atomic E-state index is 0.198. The van der Waals surface area contributed by atoms with Gasteiger partial charge in [0.05, 0.1) is 11.3 Å². The Balaban J connectivity index is 1.62. The smallest absolute Gasteiger partial charge is 0.253 e. The summed E-state index contributed by atoms with van der Waals surface area (Å²) in [5, 5.41) is 6.76. The van der Waals surface area contributed by atoms with Crippen LogP contribution in [0.2, 0.25) is 10.0 Å². The number of rotatable bonds is 7. The van der Waals surface area contributed by atoms with Crippen LogP contribution in [0.4, 0.5) is 5.69 Å². The normalized spacial score (nSPS) is 10.4. The van der Waals surface area contributed by atoms with Crippen molar-refractivity contribution in [1.29, 1.82) is 0 Å². The van der Waals surface area contributed by atoms with E-state index in [4.69, 9.17) is 23.2 Å². The zero-order valence-electron chi connectivity index (χ0n) is 15.6. The van der Waals surface area contributed by atoms with Gasteiger partial charge in [-0.15, -0.1) is 0 Å². The number of para-hydroxylation sites is 1. The van der Waals surface area contributed by atoms with Crippen LogP contribution in [0.5, 0.6) is 0 Å². The van der Waals surface area contributed by atoms with Crippen LogP contribution in [-0.2, 0) is 17.8 Å². The first-order valence-corrected chi connectivity index (χ1v) is 9.94. The number of anilines is 1. The summed E-state index contributed by atoms with van der Waals surface area (Å²) in [5.41, 5.74) is 2.61. The first kappa shape index (κ1) is 20.9. The Kier molecular flexibility index (Phi) is 7.28. The Morgan fingerprint density at radius 3 is 2.17 bits per heavy atom. The van der Waals surface area contributed by atoms with Crippen molar-refractivity contribution in [2.45, 2.75) is 19.4 Å². The van der Waals surface area contributed by atoms with E-state index in [1.807, 2.05) is 30.3 Å². The van der Waals surface area contributed by atoms with Gasteiger partial charge in [0, 0.05) is 23.0 Å². The van der Waals surface area contributed by atoms with Crippen LogP contribution in [0.25, 0.3) is 0 Å². The third-order valence-electron chi connectivity index (χ3n) is 4.41. The van der Waals surface area contributed by atoms with Gasteiger partial charge in [0.2, 0.25) is 5.91 Å². The molecule has 0 atom stereocenters. The van der Waals surface area contributed by atoms with Crippen molar-refractivity contribution in [3.8, 4) is 0 Å². The van der Waals surface area contributed by atoms with E-state index in [-0.39, 0.29) is 18.2 Å². The fourth-order valence-corrected chi connectivity index (χ4v) is 3.47. The first-order chi connectivity index (χ1) is 14.0. The number of hydrogen-bond donors (Lipinski definition) is 2. The summed E-state index contributed by atoms with van der Waals surface area (Å²) in [7, 11) is 0. The lowest BCUT2D eigenvalue weighted by molar-refractivity contribution is -0.116. The van der Waals surface area contributed by atoms with Gasteiger partial charge in [-0.25, -0.2) is 0 Å². The molecule has 0 aliphatic heterocycles. The van der Waals surface area contributed by atoms with Gasteiger partial charge in [0.25, 0.3) is 5.91 Å². The van der Waals surface area contributed by atoms with E-state index in [2.05, 4.69) is 10.6 Å². The molecule has 0 heterocycles. The summed E-state index contributed by atoms with van der Waals surface area (Å²) in [6.45, 7) is 0.410. The van der Waals surface area contributed by atoms with E-state index in [1.165, 1.54) is 0 Å². The van der Waals surface area contributed by atoms with E-state index >= 15 is 0 Å². The molecule has 0 unspecified atom stereocenters. The zero-order valence-corrected chi connectivity index (χ0v) is 17.1. The monoisotopic (exact) mass is 426 g/mol. The van der Waals surface area contributed by atoms with Crippen LogP contribution in [0, 0.1) is 0 Å². The lowest BCUT2D eigenvalue weighted by Crippen LogP contribution is -2.25. The molecule has 0 saturated carbocycles. The van der Waals surface area contributed by atoms with Gasteiger partial charge in [-0.1, -0.05) is 71.7 Å². The average molecular weight is 427 g/mol. The first-order valence-electron chi connectivity index (χ1n) is 9.18. The summed E-state index contributed by atoms with van der Waals surface area (Å²) in [5.74, 6) is -0.469. The van der Waals surface area contributed by atoms with E-state index in [9.17, 15) is 9.59 Å². The fraction of sp³-hybridized carbons (Fsp3) is 0.130. The molecule has 29 heavy (non-hydrogen) atoms. The summed E-state index contributed by atoms with van der Waals surface area (Å²) in [6, 6.07) is 21.8. The molecule has 0 aliphatic carbocycles. The predicted molar refractivity (Wildman–Crippen MR) is 117 cm³/mol. The van der Waals surface area contributed by atoms with E-state index < -0.39 is 0 Å². The maximum atomic E-state index is 12.6. The zero-order chi connectivity index (χ0) is 20.6. The van der Waals surface area contributed by atoms with Crippen LogP contribution < -0.4 is 10.6 Å². The highest BCUT2D eigenvalue weighted by atomic mass is 35.5. The molecule has 6 heteroatoms. The Morgan fingerprint density at radius 1 is 0.793 bits per heavy atom.